The number of fused-ring (bicyclic) bond motifs is 1. The lowest BCUT2D eigenvalue weighted by Gasteiger charge is -2.17. The van der Waals surface area contributed by atoms with Crippen LogP contribution in [0.25, 0.3) is 11.0 Å². The van der Waals surface area contributed by atoms with Gasteiger partial charge in [0.05, 0.1) is 22.7 Å². The first kappa shape index (κ1) is 21.2. The van der Waals surface area contributed by atoms with Crippen molar-refractivity contribution in [3.05, 3.63) is 66.3 Å². The van der Waals surface area contributed by atoms with E-state index in [4.69, 9.17) is 4.74 Å². The maximum absolute atomic E-state index is 12.7. The molecule has 2 heterocycles. The van der Waals surface area contributed by atoms with Gasteiger partial charge in [0.25, 0.3) is 0 Å². The molecule has 1 unspecified atom stereocenters. The summed E-state index contributed by atoms with van der Waals surface area (Å²) in [4.78, 5) is 12.4. The monoisotopic (exact) mass is 414 g/mol. The van der Waals surface area contributed by atoms with Gasteiger partial charge in [0, 0.05) is 25.3 Å². The highest BCUT2D eigenvalue weighted by Gasteiger charge is 2.19. The highest BCUT2D eigenvalue weighted by molar-refractivity contribution is 7.89. The second kappa shape index (κ2) is 9.30. The number of nitrogens with zero attached hydrogens (tertiary/aromatic N) is 2. The SMILES string of the molecule is C=CCC(COCC)NS(=O)(=O)c1ccc(Cc2nccc3[nH]c(C)nc23)cc1. The maximum Gasteiger partial charge on any atom is 0.240 e. The Kier molecular flexibility index (Phi) is 6.79. The van der Waals surface area contributed by atoms with E-state index in [1.54, 1.807) is 36.5 Å². The second-order valence-electron chi connectivity index (χ2n) is 6.80. The number of nitrogens with one attached hydrogen (secondary N) is 2. The number of aryl methyl sites for hydroxylation is 1. The molecule has 0 saturated heterocycles. The Morgan fingerprint density at radius 2 is 2.03 bits per heavy atom. The van der Waals surface area contributed by atoms with Crippen LogP contribution in [-0.2, 0) is 21.2 Å². The van der Waals surface area contributed by atoms with Crippen molar-refractivity contribution in [3.63, 3.8) is 0 Å². The molecule has 2 N–H and O–H groups in total. The lowest BCUT2D eigenvalue weighted by molar-refractivity contribution is 0.129. The molecule has 0 fully saturated rings. The van der Waals surface area contributed by atoms with Crippen molar-refractivity contribution >= 4 is 21.1 Å². The zero-order chi connectivity index (χ0) is 20.9. The minimum absolute atomic E-state index is 0.216. The first-order chi connectivity index (χ1) is 13.9. The Bertz CT molecular complexity index is 1080. The van der Waals surface area contributed by atoms with Crippen molar-refractivity contribution in [2.24, 2.45) is 0 Å². The molecule has 1 atom stereocenters. The van der Waals surface area contributed by atoms with Gasteiger partial charge in [-0.05, 0) is 44.0 Å². The standard InChI is InChI=1S/C21H26N4O3S/c1-4-6-17(14-28-5-2)25-29(26,27)18-9-7-16(8-10-18)13-20-21-19(11-12-22-20)23-15(3)24-21/h4,7-12,17,25H,1,5-6,13-14H2,2-3H3,(H,23,24). The van der Waals surface area contributed by atoms with Crippen LogP contribution in [0, 0.1) is 6.92 Å². The summed E-state index contributed by atoms with van der Waals surface area (Å²) in [6.45, 7) is 8.29. The van der Waals surface area contributed by atoms with Crippen LogP contribution >= 0.6 is 0 Å². The van der Waals surface area contributed by atoms with Crippen LogP contribution in [-0.4, -0.2) is 42.6 Å². The van der Waals surface area contributed by atoms with E-state index in [0.29, 0.717) is 26.1 Å². The first-order valence-electron chi connectivity index (χ1n) is 9.53. The number of pyridine rings is 1. The third kappa shape index (κ3) is 5.29. The van der Waals surface area contributed by atoms with Crippen molar-refractivity contribution in [1.29, 1.82) is 0 Å². The number of benzene rings is 1. The number of sulfonamides is 1. The average molecular weight is 415 g/mol. The smallest absolute Gasteiger partial charge is 0.240 e. The van der Waals surface area contributed by atoms with Gasteiger partial charge in [-0.3, -0.25) is 4.98 Å². The van der Waals surface area contributed by atoms with Gasteiger partial charge in [-0.1, -0.05) is 18.2 Å². The molecule has 2 aromatic heterocycles. The van der Waals surface area contributed by atoms with Crippen LogP contribution in [0.3, 0.4) is 0 Å². The average Bonchev–Trinajstić information content (AvgIpc) is 3.08. The molecule has 0 aliphatic carbocycles. The van der Waals surface area contributed by atoms with E-state index in [1.165, 1.54) is 0 Å². The normalized spacial score (nSPS) is 12.9. The van der Waals surface area contributed by atoms with Crippen molar-refractivity contribution in [2.75, 3.05) is 13.2 Å². The molecule has 0 saturated carbocycles. The summed E-state index contributed by atoms with van der Waals surface area (Å²) in [5.41, 5.74) is 3.59. The minimum Gasteiger partial charge on any atom is -0.380 e. The zero-order valence-electron chi connectivity index (χ0n) is 16.7. The van der Waals surface area contributed by atoms with Gasteiger partial charge < -0.3 is 9.72 Å². The Hall–Kier alpha value is -2.55. The number of imidazole rings is 1. The van der Waals surface area contributed by atoms with E-state index >= 15 is 0 Å². The quantitative estimate of drug-likeness (QED) is 0.497. The summed E-state index contributed by atoms with van der Waals surface area (Å²) in [6.07, 6.45) is 4.49. The highest BCUT2D eigenvalue weighted by Crippen LogP contribution is 2.19. The van der Waals surface area contributed by atoms with Crippen LogP contribution in [0.2, 0.25) is 0 Å². The van der Waals surface area contributed by atoms with Gasteiger partial charge in [0.1, 0.15) is 11.3 Å². The summed E-state index contributed by atoms with van der Waals surface area (Å²) in [6, 6.07) is 8.38. The summed E-state index contributed by atoms with van der Waals surface area (Å²) >= 11 is 0. The molecule has 7 nitrogen and oxygen atoms in total. The van der Waals surface area contributed by atoms with E-state index in [-0.39, 0.29) is 10.9 Å². The topological polar surface area (TPSA) is 97.0 Å². The third-order valence-corrected chi connectivity index (χ3v) is 6.03. The predicted octanol–water partition coefficient (Wildman–Crippen LogP) is 3.12. The summed E-state index contributed by atoms with van der Waals surface area (Å²) in [7, 11) is -3.64. The Morgan fingerprint density at radius 3 is 2.72 bits per heavy atom. The molecule has 8 heteroatoms. The fourth-order valence-corrected chi connectivity index (χ4v) is 4.36. The number of rotatable bonds is 10. The van der Waals surface area contributed by atoms with Crippen LogP contribution in [0.5, 0.6) is 0 Å². The van der Waals surface area contributed by atoms with Gasteiger partial charge in [-0.15, -0.1) is 6.58 Å². The molecule has 0 radical (unpaired) electrons. The molecule has 0 aliphatic rings. The highest BCUT2D eigenvalue weighted by atomic mass is 32.2. The van der Waals surface area contributed by atoms with E-state index in [1.807, 2.05) is 19.9 Å². The molecule has 29 heavy (non-hydrogen) atoms. The number of hydrogen-bond acceptors (Lipinski definition) is 5. The second-order valence-corrected chi connectivity index (χ2v) is 8.51. The molecular formula is C21H26N4O3S. The minimum atomic E-state index is -3.64. The molecule has 3 rings (SSSR count). The van der Waals surface area contributed by atoms with Gasteiger partial charge in [-0.25, -0.2) is 18.1 Å². The predicted molar refractivity (Wildman–Crippen MR) is 113 cm³/mol. The van der Waals surface area contributed by atoms with E-state index in [9.17, 15) is 8.42 Å². The van der Waals surface area contributed by atoms with Gasteiger partial charge in [-0.2, -0.15) is 0 Å². The number of H-pyrrole nitrogens is 1. The van der Waals surface area contributed by atoms with E-state index in [2.05, 4.69) is 26.3 Å². The molecule has 0 spiro atoms. The Labute approximate surface area is 171 Å². The van der Waals surface area contributed by atoms with Gasteiger partial charge >= 0.3 is 0 Å². The van der Waals surface area contributed by atoms with Gasteiger partial charge in [0.2, 0.25) is 10.0 Å². The number of aromatic amines is 1. The Morgan fingerprint density at radius 1 is 1.28 bits per heavy atom. The molecule has 0 aliphatic heterocycles. The van der Waals surface area contributed by atoms with Crippen molar-refractivity contribution in [3.8, 4) is 0 Å². The molecule has 0 amide bonds. The fraction of sp³-hybridized carbons (Fsp3) is 0.333. The van der Waals surface area contributed by atoms with Crippen molar-refractivity contribution in [1.82, 2.24) is 19.7 Å². The summed E-state index contributed by atoms with van der Waals surface area (Å²) in [5.74, 6) is 0.836. The fourth-order valence-electron chi connectivity index (χ4n) is 3.12. The first-order valence-corrected chi connectivity index (χ1v) is 11.0. The molecular weight excluding hydrogens is 388 g/mol. The van der Waals surface area contributed by atoms with Crippen LogP contribution in [0.1, 0.15) is 30.4 Å². The summed E-state index contributed by atoms with van der Waals surface area (Å²) in [5, 5.41) is 0. The third-order valence-electron chi connectivity index (χ3n) is 4.50. The van der Waals surface area contributed by atoms with E-state index < -0.39 is 10.0 Å². The van der Waals surface area contributed by atoms with Crippen LogP contribution < -0.4 is 4.72 Å². The molecule has 3 aromatic rings. The largest absolute Gasteiger partial charge is 0.380 e. The van der Waals surface area contributed by atoms with E-state index in [0.717, 1.165) is 28.1 Å². The molecule has 0 bridgehead atoms. The lowest BCUT2D eigenvalue weighted by atomic mass is 10.1. The summed E-state index contributed by atoms with van der Waals surface area (Å²) < 4.78 is 33.5. The number of hydrogen-bond donors (Lipinski definition) is 2. The molecule has 1 aromatic carbocycles. The lowest BCUT2D eigenvalue weighted by Crippen LogP contribution is -2.37. The van der Waals surface area contributed by atoms with Crippen molar-refractivity contribution < 1.29 is 13.2 Å². The maximum atomic E-state index is 12.7. The Balaban J connectivity index is 1.75. The number of ether oxygens (including phenoxy) is 1. The molecule has 154 valence electrons. The van der Waals surface area contributed by atoms with Crippen molar-refractivity contribution in [2.45, 2.75) is 37.6 Å². The van der Waals surface area contributed by atoms with Crippen LogP contribution in [0.15, 0.2) is 54.1 Å². The van der Waals surface area contributed by atoms with Crippen LogP contribution in [0.4, 0.5) is 0 Å². The van der Waals surface area contributed by atoms with Gasteiger partial charge in [0.15, 0.2) is 0 Å². The zero-order valence-corrected chi connectivity index (χ0v) is 17.5. The number of aromatic nitrogens is 3.